The van der Waals surface area contributed by atoms with Crippen LogP contribution in [0.4, 0.5) is 11.4 Å². The number of nitrogens with zero attached hydrogens (tertiary/aromatic N) is 2. The largest absolute Gasteiger partial charge is 0.370 e. The Morgan fingerprint density at radius 3 is 2.18 bits per heavy atom. The lowest BCUT2D eigenvalue weighted by Gasteiger charge is -2.32. The van der Waals surface area contributed by atoms with Gasteiger partial charge in [-0.3, -0.25) is 0 Å². The summed E-state index contributed by atoms with van der Waals surface area (Å²) < 4.78 is 27.9. The highest BCUT2D eigenvalue weighted by Gasteiger charge is 2.45. The summed E-state index contributed by atoms with van der Waals surface area (Å²) in [5, 5.41) is 11.2. The molecule has 1 heterocycles. The summed E-state index contributed by atoms with van der Waals surface area (Å²) in [5.41, 5.74) is 3.15. The molecule has 2 atom stereocenters. The van der Waals surface area contributed by atoms with E-state index in [0.717, 1.165) is 21.1 Å². The molecule has 3 aromatic carbocycles. The Labute approximate surface area is 165 Å². The molecule has 0 bridgehead atoms. The maximum absolute atomic E-state index is 13.4. The Kier molecular flexibility index (Phi) is 4.61. The maximum atomic E-state index is 13.4. The minimum Gasteiger partial charge on any atom is -0.370 e. The number of anilines is 2. The van der Waals surface area contributed by atoms with Gasteiger partial charge in [0.05, 0.1) is 10.6 Å². The summed E-state index contributed by atoms with van der Waals surface area (Å²) in [6.07, 6.45) is -1.24. The number of aliphatic hydroxyl groups excluding tert-OH is 1. The number of sulfonamides is 1. The fraction of sp³-hybridized carbons (Fsp3) is 0.182. The van der Waals surface area contributed by atoms with E-state index < -0.39 is 22.3 Å². The molecule has 0 saturated heterocycles. The van der Waals surface area contributed by atoms with Crippen LogP contribution < -0.4 is 9.21 Å². The molecule has 0 radical (unpaired) electrons. The van der Waals surface area contributed by atoms with E-state index in [9.17, 15) is 13.5 Å². The maximum Gasteiger partial charge on any atom is 0.266 e. The molecule has 4 rings (SSSR count). The van der Waals surface area contributed by atoms with Crippen molar-refractivity contribution in [2.24, 2.45) is 0 Å². The van der Waals surface area contributed by atoms with Crippen molar-refractivity contribution in [3.63, 3.8) is 0 Å². The normalized spacial score (nSPS) is 18.8. The van der Waals surface area contributed by atoms with Crippen LogP contribution in [0.1, 0.15) is 17.2 Å². The van der Waals surface area contributed by atoms with Crippen LogP contribution in [0.15, 0.2) is 83.8 Å². The van der Waals surface area contributed by atoms with Gasteiger partial charge in [0.1, 0.15) is 6.04 Å². The molecule has 1 aliphatic heterocycles. The fourth-order valence-electron chi connectivity index (χ4n) is 3.70. The van der Waals surface area contributed by atoms with Crippen LogP contribution in [0.3, 0.4) is 0 Å². The highest BCUT2D eigenvalue weighted by molar-refractivity contribution is 7.92. The van der Waals surface area contributed by atoms with Crippen LogP contribution in [-0.2, 0) is 10.0 Å². The first-order chi connectivity index (χ1) is 13.4. The van der Waals surface area contributed by atoms with Gasteiger partial charge < -0.3 is 10.0 Å². The van der Waals surface area contributed by atoms with E-state index in [1.54, 1.807) is 36.4 Å². The van der Waals surface area contributed by atoms with Crippen LogP contribution in [-0.4, -0.2) is 26.8 Å². The molecule has 6 heteroatoms. The molecular formula is C22H22N2O3S. The number of aryl methyl sites for hydroxylation is 1. The van der Waals surface area contributed by atoms with Crippen molar-refractivity contribution in [2.75, 3.05) is 16.3 Å². The average Bonchev–Trinajstić information content (AvgIpc) is 3.01. The quantitative estimate of drug-likeness (QED) is 0.733. The molecule has 28 heavy (non-hydrogen) atoms. The lowest BCUT2D eigenvalue weighted by Crippen LogP contribution is -2.43. The predicted octanol–water partition coefficient (Wildman–Crippen LogP) is 3.70. The average molecular weight is 394 g/mol. The number of para-hydroxylation sites is 2. The zero-order chi connectivity index (χ0) is 19.9. The molecule has 0 aromatic heterocycles. The van der Waals surface area contributed by atoms with E-state index in [0.29, 0.717) is 5.69 Å². The van der Waals surface area contributed by atoms with Crippen molar-refractivity contribution in [3.05, 3.63) is 90.0 Å². The lowest BCUT2D eigenvalue weighted by atomic mass is 10.1. The first-order valence-electron chi connectivity index (χ1n) is 9.07. The summed E-state index contributed by atoms with van der Waals surface area (Å²) in [6.45, 7) is 1.90. The second-order valence-electron chi connectivity index (χ2n) is 6.98. The molecule has 0 amide bonds. The zero-order valence-corrected chi connectivity index (χ0v) is 16.5. The van der Waals surface area contributed by atoms with Crippen molar-refractivity contribution < 1.29 is 13.5 Å². The SMILES string of the molecule is Cc1ccc(S(=O)(=O)N2c3ccccc3[C@H](N(C)c3ccccc3)[C@H]2O)cc1. The van der Waals surface area contributed by atoms with Gasteiger partial charge >= 0.3 is 0 Å². The Morgan fingerprint density at radius 1 is 0.893 bits per heavy atom. The smallest absolute Gasteiger partial charge is 0.266 e. The van der Waals surface area contributed by atoms with Gasteiger partial charge in [-0.25, -0.2) is 12.7 Å². The molecular weight excluding hydrogens is 372 g/mol. The minimum atomic E-state index is -3.91. The molecule has 0 aliphatic carbocycles. The number of hydrogen-bond acceptors (Lipinski definition) is 4. The number of fused-ring (bicyclic) bond motifs is 1. The number of benzene rings is 3. The van der Waals surface area contributed by atoms with Crippen molar-refractivity contribution >= 4 is 21.4 Å². The molecule has 0 unspecified atom stereocenters. The van der Waals surface area contributed by atoms with Crippen LogP contribution in [0.25, 0.3) is 0 Å². The molecule has 3 aromatic rings. The van der Waals surface area contributed by atoms with Crippen LogP contribution in [0, 0.1) is 6.92 Å². The van der Waals surface area contributed by atoms with E-state index in [2.05, 4.69) is 0 Å². The van der Waals surface area contributed by atoms with Crippen LogP contribution >= 0.6 is 0 Å². The van der Waals surface area contributed by atoms with Crippen LogP contribution in [0.2, 0.25) is 0 Å². The number of hydrogen-bond donors (Lipinski definition) is 1. The van der Waals surface area contributed by atoms with Gasteiger partial charge in [-0.05, 0) is 37.3 Å². The predicted molar refractivity (Wildman–Crippen MR) is 111 cm³/mol. The zero-order valence-electron chi connectivity index (χ0n) is 15.7. The summed E-state index contributed by atoms with van der Waals surface area (Å²) in [4.78, 5) is 2.07. The fourth-order valence-corrected chi connectivity index (χ4v) is 5.23. The Morgan fingerprint density at radius 2 is 1.50 bits per heavy atom. The molecule has 144 valence electrons. The Balaban J connectivity index is 1.81. The van der Waals surface area contributed by atoms with E-state index >= 15 is 0 Å². The number of aliphatic hydroxyl groups is 1. The molecule has 0 spiro atoms. The third-order valence-corrected chi connectivity index (χ3v) is 6.97. The summed E-state index contributed by atoms with van der Waals surface area (Å²) in [7, 11) is -2.05. The topological polar surface area (TPSA) is 60.9 Å². The van der Waals surface area contributed by atoms with Gasteiger partial charge in [0.2, 0.25) is 0 Å². The van der Waals surface area contributed by atoms with Crippen molar-refractivity contribution in [1.82, 2.24) is 0 Å². The highest BCUT2D eigenvalue weighted by atomic mass is 32.2. The first kappa shape index (κ1) is 18.5. The monoisotopic (exact) mass is 394 g/mol. The Bertz CT molecular complexity index is 1080. The van der Waals surface area contributed by atoms with Crippen molar-refractivity contribution in [1.29, 1.82) is 0 Å². The summed E-state index contributed by atoms with van der Waals surface area (Å²) in [6, 6.07) is 23.0. The molecule has 1 N–H and O–H groups in total. The molecule has 0 fully saturated rings. The van der Waals surface area contributed by atoms with E-state index in [-0.39, 0.29) is 4.90 Å². The second-order valence-corrected chi connectivity index (χ2v) is 8.79. The third-order valence-electron chi connectivity index (χ3n) is 5.17. The Hall–Kier alpha value is -2.83. The van der Waals surface area contributed by atoms with Crippen molar-refractivity contribution in [3.8, 4) is 0 Å². The summed E-state index contributed by atoms with van der Waals surface area (Å²) >= 11 is 0. The van der Waals surface area contributed by atoms with Gasteiger partial charge in [0.25, 0.3) is 10.0 Å². The second kappa shape index (κ2) is 6.96. The van der Waals surface area contributed by atoms with Gasteiger partial charge in [-0.2, -0.15) is 0 Å². The van der Waals surface area contributed by atoms with E-state index in [4.69, 9.17) is 0 Å². The first-order valence-corrected chi connectivity index (χ1v) is 10.5. The van der Waals surface area contributed by atoms with Gasteiger partial charge in [-0.15, -0.1) is 0 Å². The molecule has 1 aliphatic rings. The lowest BCUT2D eigenvalue weighted by molar-refractivity contribution is 0.164. The third kappa shape index (κ3) is 2.95. The highest BCUT2D eigenvalue weighted by Crippen LogP contribution is 2.45. The number of likely N-dealkylation sites (N-methyl/N-ethyl adjacent to an activating group) is 1. The molecule has 5 nitrogen and oxygen atoms in total. The van der Waals surface area contributed by atoms with Gasteiger partial charge in [0, 0.05) is 18.3 Å². The number of rotatable bonds is 4. The summed E-state index contributed by atoms with van der Waals surface area (Å²) in [5.74, 6) is 0. The van der Waals surface area contributed by atoms with Crippen molar-refractivity contribution in [2.45, 2.75) is 24.1 Å². The van der Waals surface area contributed by atoms with E-state index in [1.807, 2.05) is 61.3 Å². The van der Waals surface area contributed by atoms with Gasteiger partial charge in [0.15, 0.2) is 6.23 Å². The standard InChI is InChI=1S/C22H22N2O3S/c1-16-12-14-18(15-13-16)28(26,27)24-20-11-7-6-10-19(20)21(22(24)25)23(2)17-8-4-3-5-9-17/h3-15,21-22,25H,1-2H3/t21-,22+/m0/s1. The van der Waals surface area contributed by atoms with E-state index in [1.165, 1.54) is 0 Å². The van der Waals surface area contributed by atoms with Gasteiger partial charge in [-0.1, -0.05) is 54.1 Å². The van der Waals surface area contributed by atoms with Crippen LogP contribution in [0.5, 0.6) is 0 Å². The minimum absolute atomic E-state index is 0.162. The molecule has 0 saturated carbocycles.